The molecule has 0 aliphatic heterocycles. The minimum atomic E-state index is -3.81. The molecule has 0 saturated heterocycles. The van der Waals surface area contributed by atoms with Crippen molar-refractivity contribution in [1.82, 2.24) is 27.7 Å². The van der Waals surface area contributed by atoms with Crippen molar-refractivity contribution in [2.24, 2.45) is 14.1 Å². The van der Waals surface area contributed by atoms with Crippen molar-refractivity contribution in [1.29, 1.82) is 0 Å². The average Bonchev–Trinajstić information content (AvgIpc) is 4.03. The minimum Gasteiger partial charge on any atom is -0.465 e. The SMILES string of the molecule is CCC(=O)Cn1c(=O)c2cc(S(=O)(=O)NC3(C)CC3)ccc2n(C)c1=O.CCOC(=O)Cn1c(=O)c2cc(S(=O)(=O)NC3(C)CC3)ccc2n(C)c1=O. The minimum absolute atomic E-state index is 0.0326. The van der Waals surface area contributed by atoms with E-state index >= 15 is 0 Å². The molecule has 2 fully saturated rings. The third kappa shape index (κ3) is 8.27. The number of esters is 1. The quantitative estimate of drug-likeness (QED) is 0.190. The van der Waals surface area contributed by atoms with E-state index in [-0.39, 0.29) is 51.4 Å². The van der Waals surface area contributed by atoms with E-state index in [1.165, 1.54) is 59.6 Å². The molecule has 2 heterocycles. The highest BCUT2D eigenvalue weighted by molar-refractivity contribution is 7.89. The van der Waals surface area contributed by atoms with Gasteiger partial charge in [0, 0.05) is 31.6 Å². The zero-order chi connectivity index (χ0) is 39.3. The fourth-order valence-electron chi connectivity index (χ4n) is 5.57. The van der Waals surface area contributed by atoms with Crippen molar-refractivity contribution in [3.8, 4) is 0 Å². The first kappa shape index (κ1) is 39.5. The molecule has 0 spiro atoms. The second-order valence-corrected chi connectivity index (χ2v) is 17.2. The van der Waals surface area contributed by atoms with Crippen molar-refractivity contribution in [3.05, 3.63) is 78.1 Å². The van der Waals surface area contributed by atoms with Crippen LogP contribution in [0.3, 0.4) is 0 Å². The summed E-state index contributed by atoms with van der Waals surface area (Å²) in [6.45, 7) is 6.14. The Labute approximate surface area is 304 Å². The number of benzene rings is 2. The number of nitrogens with zero attached hydrogens (tertiary/aromatic N) is 4. The summed E-state index contributed by atoms with van der Waals surface area (Å²) in [5.41, 5.74) is -3.00. The molecule has 19 heteroatoms. The number of hydrogen-bond acceptors (Lipinski definition) is 11. The summed E-state index contributed by atoms with van der Waals surface area (Å²) in [4.78, 5) is 73.6. The smallest absolute Gasteiger partial charge is 0.331 e. The number of sulfonamides is 2. The Morgan fingerprint density at radius 1 is 0.698 bits per heavy atom. The van der Waals surface area contributed by atoms with Gasteiger partial charge in [0.2, 0.25) is 20.0 Å². The van der Waals surface area contributed by atoms with Crippen LogP contribution in [0.2, 0.25) is 0 Å². The number of rotatable bonds is 12. The summed E-state index contributed by atoms with van der Waals surface area (Å²) in [7, 11) is -4.66. The number of aromatic nitrogens is 4. The summed E-state index contributed by atoms with van der Waals surface area (Å²) >= 11 is 0. The molecule has 2 N–H and O–H groups in total. The normalized spacial score (nSPS) is 15.8. The zero-order valence-corrected chi connectivity index (χ0v) is 31.9. The van der Waals surface area contributed by atoms with E-state index in [1.54, 1.807) is 13.8 Å². The van der Waals surface area contributed by atoms with Crippen LogP contribution in [0.5, 0.6) is 0 Å². The van der Waals surface area contributed by atoms with Crippen molar-refractivity contribution < 1.29 is 31.2 Å². The molecule has 2 saturated carbocycles. The number of carbonyl (C=O) groups is 2. The van der Waals surface area contributed by atoms with Crippen LogP contribution in [0.4, 0.5) is 0 Å². The molecule has 2 aromatic carbocycles. The van der Waals surface area contributed by atoms with Crippen LogP contribution in [0.1, 0.15) is 59.8 Å². The van der Waals surface area contributed by atoms with Crippen molar-refractivity contribution in [2.75, 3.05) is 6.61 Å². The molecule has 2 aliphatic rings. The fraction of sp³-hybridized carbons (Fsp3) is 0.471. The molecule has 53 heavy (non-hydrogen) atoms. The highest BCUT2D eigenvalue weighted by atomic mass is 32.2. The molecule has 0 unspecified atom stereocenters. The van der Waals surface area contributed by atoms with Gasteiger partial charge in [0.15, 0.2) is 5.78 Å². The van der Waals surface area contributed by atoms with E-state index in [0.717, 1.165) is 34.8 Å². The maximum Gasteiger partial charge on any atom is 0.331 e. The van der Waals surface area contributed by atoms with Gasteiger partial charge in [0.25, 0.3) is 11.1 Å². The van der Waals surface area contributed by atoms with Gasteiger partial charge >= 0.3 is 17.3 Å². The van der Waals surface area contributed by atoms with Gasteiger partial charge in [0.05, 0.1) is 44.7 Å². The molecular formula is C34H42N6O11S2. The van der Waals surface area contributed by atoms with E-state index < -0.39 is 66.1 Å². The molecule has 4 aromatic rings. The molecule has 6 rings (SSSR count). The molecule has 2 aromatic heterocycles. The monoisotopic (exact) mass is 774 g/mol. The van der Waals surface area contributed by atoms with Crippen LogP contribution in [0.15, 0.2) is 65.4 Å². The van der Waals surface area contributed by atoms with Gasteiger partial charge in [-0.15, -0.1) is 0 Å². The molecular weight excluding hydrogens is 733 g/mol. The highest BCUT2D eigenvalue weighted by Gasteiger charge is 2.42. The van der Waals surface area contributed by atoms with Crippen molar-refractivity contribution in [2.45, 2.75) is 93.8 Å². The van der Waals surface area contributed by atoms with Crippen LogP contribution in [-0.4, -0.2) is 64.5 Å². The summed E-state index contributed by atoms with van der Waals surface area (Å²) < 4.78 is 64.4. The lowest BCUT2D eigenvalue weighted by molar-refractivity contribution is -0.144. The first-order chi connectivity index (χ1) is 24.7. The fourth-order valence-corrected chi connectivity index (χ4v) is 8.56. The molecule has 0 bridgehead atoms. The lowest BCUT2D eigenvalue weighted by Gasteiger charge is -2.14. The summed E-state index contributed by atoms with van der Waals surface area (Å²) in [5.74, 6) is -0.973. The number of fused-ring (bicyclic) bond motifs is 2. The van der Waals surface area contributed by atoms with E-state index in [2.05, 4.69) is 9.44 Å². The van der Waals surface area contributed by atoms with Crippen LogP contribution >= 0.6 is 0 Å². The molecule has 0 amide bonds. The Morgan fingerprint density at radius 2 is 1.09 bits per heavy atom. The van der Waals surface area contributed by atoms with Gasteiger partial charge in [-0.05, 0) is 82.9 Å². The summed E-state index contributed by atoms with van der Waals surface area (Å²) in [6.07, 6.45) is 3.23. The third-order valence-electron chi connectivity index (χ3n) is 9.35. The number of ketones is 1. The largest absolute Gasteiger partial charge is 0.465 e. The lowest BCUT2D eigenvalue weighted by atomic mass is 10.2. The first-order valence-electron chi connectivity index (χ1n) is 16.9. The standard InChI is InChI=1S/C17H21N3O6S.C17H21N3O5S/c1-4-26-14(21)10-20-15(22)12-9-11(5-6-13(12)19(3)16(20)23)27(24,25)18-17(2)7-8-17;1-4-11(21)10-20-15(22)13-9-12(5-6-14(13)19(3)16(20)23)26(24,25)18-17(2)7-8-17/h5-6,9,18H,4,7-8,10H2,1-3H3;5-6,9,18H,4,7-8,10H2,1-3H3. The molecule has 2 aliphatic carbocycles. The number of ether oxygens (including phenoxy) is 1. The summed E-state index contributed by atoms with van der Waals surface area (Å²) in [5, 5.41) is 0.116. The number of carbonyl (C=O) groups excluding carboxylic acids is 2. The number of hydrogen-bond donors (Lipinski definition) is 2. The first-order valence-corrected chi connectivity index (χ1v) is 19.8. The third-order valence-corrected chi connectivity index (χ3v) is 12.6. The predicted octanol–water partition coefficient (Wildman–Crippen LogP) is 0.604. The number of nitrogens with one attached hydrogen (secondary N) is 2. The van der Waals surface area contributed by atoms with Crippen LogP contribution in [-0.2, 0) is 61.6 Å². The Bertz CT molecular complexity index is 2630. The highest BCUT2D eigenvalue weighted by Crippen LogP contribution is 2.37. The van der Waals surface area contributed by atoms with Crippen molar-refractivity contribution >= 4 is 53.6 Å². The van der Waals surface area contributed by atoms with E-state index in [4.69, 9.17) is 4.74 Å². The Kier molecular flexibility index (Phi) is 10.6. The molecule has 286 valence electrons. The number of aryl methyl sites for hydroxylation is 2. The molecule has 17 nitrogen and oxygen atoms in total. The maximum atomic E-state index is 12.7. The molecule has 0 radical (unpaired) electrons. The summed E-state index contributed by atoms with van der Waals surface area (Å²) in [6, 6.07) is 8.07. The Balaban J connectivity index is 0.000000204. The van der Waals surface area contributed by atoms with Crippen molar-refractivity contribution in [3.63, 3.8) is 0 Å². The van der Waals surface area contributed by atoms with Gasteiger partial charge in [-0.3, -0.25) is 32.9 Å². The van der Waals surface area contributed by atoms with Gasteiger partial charge in [-0.2, -0.15) is 0 Å². The van der Waals surface area contributed by atoms with E-state index in [0.29, 0.717) is 5.52 Å². The topological polar surface area (TPSA) is 224 Å². The lowest BCUT2D eigenvalue weighted by Crippen LogP contribution is -2.41. The Hall–Kier alpha value is -4.72. The van der Waals surface area contributed by atoms with Crippen LogP contribution < -0.4 is 31.9 Å². The zero-order valence-electron chi connectivity index (χ0n) is 30.2. The van der Waals surface area contributed by atoms with Gasteiger partial charge in [0.1, 0.15) is 6.54 Å². The van der Waals surface area contributed by atoms with Crippen LogP contribution in [0.25, 0.3) is 21.8 Å². The predicted molar refractivity (Wildman–Crippen MR) is 195 cm³/mol. The number of Topliss-reactive ketones (excluding diaryl/α,β-unsaturated/α-hetero) is 1. The van der Waals surface area contributed by atoms with Gasteiger partial charge in [-0.25, -0.2) is 40.4 Å². The molecule has 0 atom stereocenters. The Morgan fingerprint density at radius 3 is 1.45 bits per heavy atom. The second kappa shape index (κ2) is 14.3. The average molecular weight is 775 g/mol. The van der Waals surface area contributed by atoms with E-state index in [9.17, 15) is 45.6 Å². The second-order valence-electron chi connectivity index (χ2n) is 13.9. The maximum absolute atomic E-state index is 12.7. The van der Waals surface area contributed by atoms with Crippen LogP contribution in [0, 0.1) is 0 Å². The van der Waals surface area contributed by atoms with E-state index in [1.807, 2.05) is 13.8 Å². The van der Waals surface area contributed by atoms with Gasteiger partial charge < -0.3 is 4.74 Å². The van der Waals surface area contributed by atoms with Gasteiger partial charge in [-0.1, -0.05) is 6.92 Å².